The van der Waals surface area contributed by atoms with Crippen molar-refractivity contribution in [2.24, 2.45) is 0 Å². The van der Waals surface area contributed by atoms with Gasteiger partial charge in [-0.05, 0) is 70.8 Å². The topological polar surface area (TPSA) is 36.3 Å². The van der Waals surface area contributed by atoms with Crippen LogP contribution in [0.5, 0.6) is 0 Å². The Labute approximate surface area is 162 Å². The molecule has 2 atom stereocenters. The molecule has 2 aromatic rings. The highest BCUT2D eigenvalue weighted by molar-refractivity contribution is 7.80. The number of nitrogens with one attached hydrogen (secondary N) is 1. The predicted octanol–water partition coefficient (Wildman–Crippen LogP) is 3.05. The summed E-state index contributed by atoms with van der Waals surface area (Å²) in [5.74, 6) is 0. The first-order chi connectivity index (χ1) is 12.4. The number of nitrogens with zero attached hydrogens (tertiary/aromatic N) is 4. The fourth-order valence-corrected chi connectivity index (χ4v) is 4.24. The van der Waals surface area contributed by atoms with Crippen LogP contribution in [0.15, 0.2) is 30.5 Å². The molecule has 6 heteroatoms. The van der Waals surface area contributed by atoms with Crippen LogP contribution in [0, 0.1) is 13.8 Å². The van der Waals surface area contributed by atoms with Crippen molar-refractivity contribution in [1.29, 1.82) is 0 Å². The van der Waals surface area contributed by atoms with Crippen molar-refractivity contribution >= 4 is 17.3 Å². The Morgan fingerprint density at radius 2 is 2.04 bits per heavy atom. The van der Waals surface area contributed by atoms with Gasteiger partial charge in [0.15, 0.2) is 5.11 Å². The van der Waals surface area contributed by atoms with Gasteiger partial charge in [-0.2, -0.15) is 0 Å². The monoisotopic (exact) mass is 371 g/mol. The van der Waals surface area contributed by atoms with Gasteiger partial charge < -0.3 is 19.7 Å². The summed E-state index contributed by atoms with van der Waals surface area (Å²) in [6, 6.07) is 8.63. The third-order valence-electron chi connectivity index (χ3n) is 5.23. The fourth-order valence-electron chi connectivity index (χ4n) is 3.91. The van der Waals surface area contributed by atoms with Gasteiger partial charge in [0.1, 0.15) is 0 Å². The highest BCUT2D eigenvalue weighted by atomic mass is 32.1. The van der Waals surface area contributed by atoms with Crippen LogP contribution in [0.2, 0.25) is 0 Å². The number of rotatable bonds is 6. The van der Waals surface area contributed by atoms with Gasteiger partial charge in [0.2, 0.25) is 0 Å². The van der Waals surface area contributed by atoms with Crippen LogP contribution in [0.25, 0.3) is 0 Å². The quantitative estimate of drug-likeness (QED) is 0.790. The Morgan fingerprint density at radius 3 is 2.62 bits per heavy atom. The molecule has 1 aliphatic rings. The van der Waals surface area contributed by atoms with E-state index < -0.39 is 0 Å². The molecule has 26 heavy (non-hydrogen) atoms. The molecule has 0 amide bonds. The second-order valence-corrected chi connectivity index (χ2v) is 7.58. The Bertz CT molecular complexity index is 768. The first-order valence-corrected chi connectivity index (χ1v) is 9.64. The highest BCUT2D eigenvalue weighted by Crippen LogP contribution is 2.40. The summed E-state index contributed by atoms with van der Waals surface area (Å²) in [6.07, 6.45) is 1.86. The maximum Gasteiger partial charge on any atom is 0.170 e. The second-order valence-electron chi connectivity index (χ2n) is 7.19. The van der Waals surface area contributed by atoms with E-state index in [9.17, 15) is 0 Å². The third kappa shape index (κ3) is 3.48. The summed E-state index contributed by atoms with van der Waals surface area (Å²) in [4.78, 5) is 9.14. The fraction of sp³-hybridized carbons (Fsp3) is 0.500. The minimum atomic E-state index is 0.0664. The second kappa shape index (κ2) is 7.76. The average Bonchev–Trinajstić information content (AvgIpc) is 3.09. The molecule has 2 aromatic heterocycles. The molecule has 1 N–H and O–H groups in total. The van der Waals surface area contributed by atoms with Crippen molar-refractivity contribution in [2.45, 2.75) is 39.4 Å². The molecule has 1 saturated heterocycles. The van der Waals surface area contributed by atoms with Crippen LogP contribution >= 0.6 is 12.2 Å². The zero-order chi connectivity index (χ0) is 18.8. The van der Waals surface area contributed by atoms with E-state index in [0.717, 1.165) is 30.4 Å². The molecule has 0 spiro atoms. The van der Waals surface area contributed by atoms with Crippen molar-refractivity contribution in [3.8, 4) is 0 Å². The van der Waals surface area contributed by atoms with Crippen molar-refractivity contribution in [3.05, 3.63) is 53.1 Å². The van der Waals surface area contributed by atoms with Crippen LogP contribution in [0.1, 0.15) is 41.7 Å². The number of likely N-dealkylation sites (N-methyl/N-ethyl adjacent to an activating group) is 1. The number of aryl methyl sites for hydroxylation is 1. The van der Waals surface area contributed by atoms with Gasteiger partial charge >= 0.3 is 0 Å². The van der Waals surface area contributed by atoms with E-state index in [-0.39, 0.29) is 12.1 Å². The van der Waals surface area contributed by atoms with Gasteiger partial charge in [0.25, 0.3) is 0 Å². The summed E-state index contributed by atoms with van der Waals surface area (Å²) >= 11 is 5.72. The van der Waals surface area contributed by atoms with Crippen LogP contribution in [-0.4, -0.2) is 51.6 Å². The Morgan fingerprint density at radius 1 is 1.27 bits per heavy atom. The van der Waals surface area contributed by atoms with E-state index in [2.05, 4.69) is 71.7 Å². The molecule has 0 aromatic carbocycles. The number of hydrogen-bond donors (Lipinski definition) is 1. The highest BCUT2D eigenvalue weighted by Gasteiger charge is 2.41. The maximum atomic E-state index is 5.72. The van der Waals surface area contributed by atoms with Crippen LogP contribution < -0.4 is 5.32 Å². The van der Waals surface area contributed by atoms with Crippen molar-refractivity contribution in [3.63, 3.8) is 0 Å². The minimum absolute atomic E-state index is 0.0664. The SMILES string of the molecule is CCn1c(C)cc([C@H]2[C@@H](c3ccccn3)NC(=S)N2CCN(C)C)c1C. The number of thiocarbonyl (C=S) groups is 1. The molecule has 3 rings (SSSR count). The first-order valence-electron chi connectivity index (χ1n) is 9.23. The summed E-state index contributed by atoms with van der Waals surface area (Å²) in [6.45, 7) is 9.42. The Hall–Kier alpha value is -1.92. The lowest BCUT2D eigenvalue weighted by Crippen LogP contribution is -2.35. The molecule has 1 fully saturated rings. The van der Waals surface area contributed by atoms with Crippen molar-refractivity contribution in [1.82, 2.24) is 24.7 Å². The van der Waals surface area contributed by atoms with Gasteiger partial charge in [-0.3, -0.25) is 4.98 Å². The summed E-state index contributed by atoms with van der Waals surface area (Å²) < 4.78 is 2.37. The maximum absolute atomic E-state index is 5.72. The lowest BCUT2D eigenvalue weighted by Gasteiger charge is -2.29. The van der Waals surface area contributed by atoms with E-state index >= 15 is 0 Å². The standard InChI is InChI=1S/C20H29N5S/c1-6-24-14(2)13-16(15(24)3)19-18(17-9-7-8-10-21-17)22-20(26)25(19)12-11-23(4)5/h7-10,13,18-19H,6,11-12H2,1-5H3,(H,22,26)/t18-,19+/m1/s1. The van der Waals surface area contributed by atoms with Crippen LogP contribution in [0.4, 0.5) is 0 Å². The molecule has 3 heterocycles. The first kappa shape index (κ1) is 18.9. The van der Waals surface area contributed by atoms with Gasteiger partial charge in [-0.15, -0.1) is 0 Å². The molecule has 0 saturated carbocycles. The third-order valence-corrected chi connectivity index (χ3v) is 5.59. The van der Waals surface area contributed by atoms with E-state index in [1.54, 1.807) is 0 Å². The molecule has 0 unspecified atom stereocenters. The van der Waals surface area contributed by atoms with E-state index in [4.69, 9.17) is 12.2 Å². The molecule has 5 nitrogen and oxygen atoms in total. The van der Waals surface area contributed by atoms with Crippen molar-refractivity contribution in [2.75, 3.05) is 27.2 Å². The van der Waals surface area contributed by atoms with E-state index in [1.807, 2.05) is 18.3 Å². The van der Waals surface area contributed by atoms with Crippen LogP contribution in [0.3, 0.4) is 0 Å². The molecule has 0 aliphatic carbocycles. The Kier molecular flexibility index (Phi) is 5.63. The lowest BCUT2D eigenvalue weighted by molar-refractivity contribution is 0.277. The zero-order valence-electron chi connectivity index (χ0n) is 16.4. The van der Waals surface area contributed by atoms with Crippen molar-refractivity contribution < 1.29 is 0 Å². The smallest absolute Gasteiger partial charge is 0.170 e. The largest absolute Gasteiger partial charge is 0.352 e. The Balaban J connectivity index is 2.04. The van der Waals surface area contributed by atoms with Gasteiger partial charge in [-0.25, -0.2) is 0 Å². The number of hydrogen-bond acceptors (Lipinski definition) is 3. The van der Waals surface area contributed by atoms with Crippen LogP contribution in [-0.2, 0) is 6.54 Å². The molecule has 1 aliphatic heterocycles. The van der Waals surface area contributed by atoms with Gasteiger partial charge in [-0.1, -0.05) is 6.07 Å². The van der Waals surface area contributed by atoms with Gasteiger partial charge in [0, 0.05) is 37.2 Å². The molecule has 0 bridgehead atoms. The lowest BCUT2D eigenvalue weighted by atomic mass is 9.97. The van der Waals surface area contributed by atoms with Gasteiger partial charge in [0.05, 0.1) is 17.8 Å². The molecular weight excluding hydrogens is 342 g/mol. The van der Waals surface area contributed by atoms with E-state index in [0.29, 0.717) is 0 Å². The summed E-state index contributed by atoms with van der Waals surface area (Å²) in [7, 11) is 4.20. The molecule has 0 radical (unpaired) electrons. The summed E-state index contributed by atoms with van der Waals surface area (Å²) in [5.41, 5.74) is 4.99. The number of pyridine rings is 1. The normalized spacial score (nSPS) is 20.1. The van der Waals surface area contributed by atoms with E-state index in [1.165, 1.54) is 17.0 Å². The predicted molar refractivity (Wildman–Crippen MR) is 110 cm³/mol. The zero-order valence-corrected chi connectivity index (χ0v) is 17.2. The minimum Gasteiger partial charge on any atom is -0.352 e. The number of aromatic nitrogens is 2. The molecular formula is C20H29N5S. The summed E-state index contributed by atoms with van der Waals surface area (Å²) in [5, 5.41) is 4.35. The molecule has 140 valence electrons. The average molecular weight is 372 g/mol.